The molecule has 0 saturated heterocycles. The topological polar surface area (TPSA) is 0 Å². The van der Waals surface area contributed by atoms with Crippen molar-refractivity contribution < 1.29 is 0 Å². The van der Waals surface area contributed by atoms with Gasteiger partial charge in [-0.2, -0.15) is 0 Å². The third-order valence-corrected chi connectivity index (χ3v) is 5.20. The first kappa shape index (κ1) is 21.3. The van der Waals surface area contributed by atoms with E-state index in [9.17, 15) is 0 Å². The minimum absolute atomic E-state index is 0.0587. The smallest absolute Gasteiger partial charge is 0.112 e. The molecule has 0 amide bonds. The second-order valence-corrected chi connectivity index (χ2v) is 6.68. The molecule has 22 radical (unpaired) electrons. The zero-order chi connectivity index (χ0) is 21.2. The number of hydrogen-bond acceptors (Lipinski definition) is 0. The lowest BCUT2D eigenvalue weighted by atomic mass is 9.56. The van der Waals surface area contributed by atoms with Crippen molar-refractivity contribution in [3.05, 3.63) is 5.56 Å². The maximum Gasteiger partial charge on any atom is 0.113 e. The third kappa shape index (κ3) is 2.76. The van der Waals surface area contributed by atoms with Crippen LogP contribution in [0.4, 0.5) is 0 Å². The Bertz CT molecular complexity index is 1140. The lowest BCUT2D eigenvalue weighted by Gasteiger charge is -2.29. The van der Waals surface area contributed by atoms with Crippen LogP contribution < -0.4 is 60.1 Å². The SMILES string of the molecule is [B]c1c([B])c([B])c(-c2c([B])c([B])c(C)c3c([B])c([B])c([B])c([B])c23)c([B])c1[B]. The van der Waals surface area contributed by atoms with Gasteiger partial charge in [-0.1, -0.05) is 38.3 Å². The van der Waals surface area contributed by atoms with E-state index >= 15 is 0 Å². The molecule has 0 spiro atoms. The molecule has 0 saturated carbocycles. The minimum Gasteiger partial charge on any atom is -0.112 e. The zero-order valence-electron chi connectivity index (χ0n) is 15.4. The molecule has 104 valence electrons. The van der Waals surface area contributed by atoms with E-state index in [1.54, 1.807) is 6.92 Å². The maximum atomic E-state index is 6.35. The van der Waals surface area contributed by atoms with Crippen molar-refractivity contribution in [2.24, 2.45) is 0 Å². The van der Waals surface area contributed by atoms with Crippen LogP contribution in [0.2, 0.25) is 0 Å². The van der Waals surface area contributed by atoms with Crippen molar-refractivity contribution >= 4 is 157 Å². The molecule has 0 fully saturated rings. The van der Waals surface area contributed by atoms with E-state index in [1.165, 1.54) is 0 Å². The van der Waals surface area contributed by atoms with E-state index < -0.39 is 0 Å². The molecule has 0 aromatic heterocycles. The van der Waals surface area contributed by atoms with Crippen LogP contribution in [0.15, 0.2) is 0 Å². The van der Waals surface area contributed by atoms with Gasteiger partial charge in [0.2, 0.25) is 0 Å². The number of rotatable bonds is 1. The Labute approximate surface area is 180 Å². The van der Waals surface area contributed by atoms with Gasteiger partial charge in [-0.3, -0.25) is 0 Å². The Kier molecular flexibility index (Phi) is 5.45. The lowest BCUT2D eigenvalue weighted by molar-refractivity contribution is 1.61. The highest BCUT2D eigenvalue weighted by molar-refractivity contribution is 6.71. The van der Waals surface area contributed by atoms with Crippen molar-refractivity contribution in [2.45, 2.75) is 6.92 Å². The summed E-state index contributed by atoms with van der Waals surface area (Å²) < 4.78 is 0. The van der Waals surface area contributed by atoms with Crippen molar-refractivity contribution in [3.63, 3.8) is 0 Å². The third-order valence-electron chi connectivity index (χ3n) is 5.20. The van der Waals surface area contributed by atoms with Gasteiger partial charge in [-0.15, -0.1) is 27.3 Å². The van der Waals surface area contributed by atoms with Crippen LogP contribution >= 0.6 is 0 Å². The highest BCUT2D eigenvalue weighted by atomic mass is 14.2. The fraction of sp³-hybridized carbons (Fsp3) is 0.0588. The Hall–Kier alpha value is -1.37. The van der Waals surface area contributed by atoms with E-state index in [4.69, 9.17) is 86.3 Å². The normalized spacial score (nSPS) is 11.2. The fourth-order valence-electron chi connectivity index (χ4n) is 3.46. The van der Waals surface area contributed by atoms with E-state index in [0.29, 0.717) is 21.9 Å². The number of benzene rings is 3. The van der Waals surface area contributed by atoms with E-state index in [-0.39, 0.29) is 65.7 Å². The molecule has 0 unspecified atom stereocenters. The molecule has 0 atom stereocenters. The molecule has 3 aromatic rings. The van der Waals surface area contributed by atoms with Crippen molar-refractivity contribution in [1.82, 2.24) is 0 Å². The molecular weight excluding hydrogens is 323 g/mol. The Morgan fingerprint density at radius 1 is 0.321 bits per heavy atom. The summed E-state index contributed by atoms with van der Waals surface area (Å²) in [7, 11) is 67.5. The predicted molar refractivity (Wildman–Crippen MR) is 133 cm³/mol. The van der Waals surface area contributed by atoms with Gasteiger partial charge >= 0.3 is 0 Å². The van der Waals surface area contributed by atoms with Gasteiger partial charge in [-0.25, -0.2) is 0 Å². The predicted octanol–water partition coefficient (Wildman–Crippen LogP) is -8.45. The van der Waals surface area contributed by atoms with E-state index in [0.717, 1.165) is 0 Å². The first-order valence-electron chi connectivity index (χ1n) is 8.18. The van der Waals surface area contributed by atoms with Gasteiger partial charge < -0.3 is 0 Å². The molecule has 0 aliphatic heterocycles. The summed E-state index contributed by atoms with van der Waals surface area (Å²) in [6.07, 6.45) is 0. The highest BCUT2D eigenvalue weighted by Crippen LogP contribution is 2.22. The standard InChI is InChI=1S/C17H3B11/c1-2-3-4(10(21)14(25)13(24)8(3)19)5(9(20)7(2)18)6-11(22)15(26)17(28)16(27)12(6)23/h1H3. The van der Waals surface area contributed by atoms with Crippen molar-refractivity contribution in [1.29, 1.82) is 0 Å². The molecule has 3 aromatic carbocycles. The van der Waals surface area contributed by atoms with Crippen LogP contribution in [0.1, 0.15) is 5.56 Å². The number of aryl methyl sites for hydroxylation is 1. The molecule has 0 nitrogen and oxygen atoms in total. The monoisotopic (exact) mass is 328 g/mol. The van der Waals surface area contributed by atoms with E-state index in [2.05, 4.69) is 0 Å². The van der Waals surface area contributed by atoms with Crippen LogP contribution in [0.3, 0.4) is 0 Å². The van der Waals surface area contributed by atoms with Gasteiger partial charge in [0.05, 0.1) is 0 Å². The molecule has 0 N–H and O–H groups in total. The Morgan fingerprint density at radius 2 is 0.643 bits per heavy atom. The van der Waals surface area contributed by atoms with Crippen LogP contribution in [-0.2, 0) is 0 Å². The van der Waals surface area contributed by atoms with Crippen LogP contribution in [0.25, 0.3) is 21.9 Å². The minimum atomic E-state index is 0.0587. The highest BCUT2D eigenvalue weighted by Gasteiger charge is 2.21. The largest absolute Gasteiger partial charge is 0.113 e. The van der Waals surface area contributed by atoms with Crippen molar-refractivity contribution in [3.8, 4) is 11.1 Å². The summed E-state index contributed by atoms with van der Waals surface area (Å²) in [4.78, 5) is 0. The average Bonchev–Trinajstić information content (AvgIpc) is 2.67. The summed E-state index contributed by atoms with van der Waals surface area (Å²) in [5, 5.41) is 0.883. The van der Waals surface area contributed by atoms with Gasteiger partial charge in [0, 0.05) is 0 Å². The summed E-state index contributed by atoms with van der Waals surface area (Å²) in [5.74, 6) is 0. The second kappa shape index (κ2) is 7.15. The molecule has 28 heavy (non-hydrogen) atoms. The summed E-state index contributed by atoms with van der Waals surface area (Å²) in [6, 6.07) is 0. The molecule has 0 heterocycles. The summed E-state index contributed by atoms with van der Waals surface area (Å²) in [6.45, 7) is 1.74. The van der Waals surface area contributed by atoms with Crippen LogP contribution in [-0.4, -0.2) is 86.3 Å². The Balaban J connectivity index is 2.73. The number of fused-ring (bicyclic) bond motifs is 1. The first-order chi connectivity index (χ1) is 12.9. The fourth-order valence-corrected chi connectivity index (χ4v) is 3.46. The van der Waals surface area contributed by atoms with Gasteiger partial charge in [-0.05, 0) is 28.8 Å². The molecule has 3 rings (SSSR count). The van der Waals surface area contributed by atoms with Gasteiger partial charge in [0.25, 0.3) is 0 Å². The lowest BCUT2D eigenvalue weighted by Crippen LogP contribution is -2.56. The molecular formula is C17H3B11. The molecule has 0 aliphatic rings. The maximum absolute atomic E-state index is 6.35. The second-order valence-electron chi connectivity index (χ2n) is 6.68. The molecule has 11 heteroatoms. The Morgan fingerprint density at radius 3 is 1.11 bits per heavy atom. The van der Waals surface area contributed by atoms with Crippen molar-refractivity contribution in [2.75, 3.05) is 0 Å². The number of hydrogen-bond donors (Lipinski definition) is 0. The van der Waals surface area contributed by atoms with Gasteiger partial charge in [0.1, 0.15) is 86.3 Å². The molecule has 0 aliphatic carbocycles. The van der Waals surface area contributed by atoms with Crippen LogP contribution in [0, 0.1) is 6.92 Å². The zero-order valence-corrected chi connectivity index (χ0v) is 15.4. The summed E-state index contributed by atoms with van der Waals surface area (Å²) in [5.41, 5.74) is 2.50. The van der Waals surface area contributed by atoms with E-state index in [1.807, 2.05) is 0 Å². The van der Waals surface area contributed by atoms with Gasteiger partial charge in [0.15, 0.2) is 0 Å². The quantitative estimate of drug-likeness (QED) is 0.390. The van der Waals surface area contributed by atoms with Crippen LogP contribution in [0.5, 0.6) is 0 Å². The average molecular weight is 326 g/mol. The molecule has 0 bridgehead atoms. The summed E-state index contributed by atoms with van der Waals surface area (Å²) >= 11 is 0. The first-order valence-corrected chi connectivity index (χ1v) is 8.18.